The Morgan fingerprint density at radius 2 is 1.97 bits per heavy atom. The zero-order valence-corrected chi connectivity index (χ0v) is 17.9. The number of aromatic nitrogens is 6. The minimum atomic E-state index is -1.27. The first kappa shape index (κ1) is 21.3. The van der Waals surface area contributed by atoms with Crippen LogP contribution in [0.2, 0.25) is 0 Å². The summed E-state index contributed by atoms with van der Waals surface area (Å²) in [7, 11) is 3.32. The summed E-state index contributed by atoms with van der Waals surface area (Å²) in [6.07, 6.45) is -1.19. The van der Waals surface area contributed by atoms with Crippen molar-refractivity contribution in [2.24, 2.45) is 0 Å². The van der Waals surface area contributed by atoms with Gasteiger partial charge in [0, 0.05) is 18.8 Å². The molecule has 0 bridgehead atoms. The second-order valence-electron chi connectivity index (χ2n) is 7.57. The zero-order chi connectivity index (χ0) is 23.1. The molecule has 4 heterocycles. The molecule has 0 radical (unpaired) electrons. The molecule has 0 spiro atoms. The van der Waals surface area contributed by atoms with E-state index in [1.807, 2.05) is 24.3 Å². The number of methoxy groups -OCH3 is 1. The second-order valence-corrected chi connectivity index (χ2v) is 7.57. The monoisotopic (exact) mass is 453 g/mol. The highest BCUT2D eigenvalue weighted by atomic mass is 16.6. The highest BCUT2D eigenvalue weighted by Crippen LogP contribution is 2.35. The lowest BCUT2D eigenvalue weighted by Crippen LogP contribution is -2.33. The van der Waals surface area contributed by atoms with Crippen molar-refractivity contribution >= 4 is 17.0 Å². The number of imidazole rings is 1. The summed E-state index contributed by atoms with van der Waals surface area (Å²) in [4.78, 5) is 13.6. The Hall–Kier alpha value is -3.58. The average Bonchev–Trinajstić information content (AvgIpc) is 3.57. The largest absolute Gasteiger partial charge is 0.497 e. The number of aromatic amines is 1. The number of H-pyrrole nitrogens is 1. The van der Waals surface area contributed by atoms with E-state index in [4.69, 9.17) is 9.47 Å². The van der Waals surface area contributed by atoms with E-state index in [2.05, 4.69) is 30.5 Å². The van der Waals surface area contributed by atoms with E-state index >= 15 is 0 Å². The number of hydrogen-bond acceptors (Lipinski definition) is 10. The number of ether oxygens (including phenoxy) is 2. The summed E-state index contributed by atoms with van der Waals surface area (Å²) in [6.45, 7) is -0.429. The number of hydrogen-bond donors (Lipinski definition) is 5. The van der Waals surface area contributed by atoms with Gasteiger partial charge in [-0.3, -0.25) is 9.67 Å². The maximum absolute atomic E-state index is 10.5. The first-order valence-electron chi connectivity index (χ1n) is 10.3. The van der Waals surface area contributed by atoms with Gasteiger partial charge in [-0.15, -0.1) is 0 Å². The predicted molar refractivity (Wildman–Crippen MR) is 117 cm³/mol. The van der Waals surface area contributed by atoms with Gasteiger partial charge in [-0.25, -0.2) is 15.0 Å². The van der Waals surface area contributed by atoms with Gasteiger partial charge in [-0.2, -0.15) is 5.10 Å². The minimum absolute atomic E-state index is 0.326. The molecule has 1 saturated heterocycles. The Balaban J connectivity index is 1.61. The van der Waals surface area contributed by atoms with Crippen LogP contribution in [-0.4, -0.2) is 84.1 Å². The van der Waals surface area contributed by atoms with Crippen LogP contribution < -0.4 is 10.1 Å². The normalized spacial score (nSPS) is 22.7. The molecule has 12 nitrogen and oxygen atoms in total. The molecule has 5 N–H and O–H groups in total. The van der Waals surface area contributed by atoms with E-state index in [9.17, 15) is 15.3 Å². The first-order chi connectivity index (χ1) is 16.0. The molecule has 1 fully saturated rings. The molecule has 5 rings (SSSR count). The highest BCUT2D eigenvalue weighted by molar-refractivity contribution is 5.87. The van der Waals surface area contributed by atoms with Gasteiger partial charge in [0.2, 0.25) is 0 Å². The van der Waals surface area contributed by atoms with Gasteiger partial charge in [-0.05, 0) is 17.7 Å². The third kappa shape index (κ3) is 3.49. The Kier molecular flexibility index (Phi) is 5.42. The lowest BCUT2D eigenvalue weighted by Gasteiger charge is -2.17. The number of nitrogens with zero attached hydrogens (tertiary/aromatic N) is 5. The number of aliphatic hydroxyl groups is 3. The maximum atomic E-state index is 10.5. The number of aliphatic hydroxyl groups excluding tert-OH is 3. The molecular formula is C21H23N7O5. The lowest BCUT2D eigenvalue weighted by molar-refractivity contribution is -0.0511. The van der Waals surface area contributed by atoms with Gasteiger partial charge in [0.15, 0.2) is 29.0 Å². The van der Waals surface area contributed by atoms with Gasteiger partial charge in [0.05, 0.1) is 20.0 Å². The third-order valence-corrected chi connectivity index (χ3v) is 5.70. The minimum Gasteiger partial charge on any atom is -0.497 e. The molecule has 4 aromatic rings. The standard InChI is InChI=1S/C21H23N7O5/c1-22-18-15-20(28(9-23-15)21-17(31)16(30)13(8-29)33-21)26-19(25-18)14-12(7-24-27-14)10-3-5-11(32-2)6-4-10/h3-7,9,13,16-17,21,29-31H,8H2,1-2H3,(H,24,27)(H,22,25,26)/t13-,16-,17-,21-/m1/s1. The van der Waals surface area contributed by atoms with Crippen molar-refractivity contribution in [1.82, 2.24) is 29.7 Å². The smallest absolute Gasteiger partial charge is 0.184 e. The van der Waals surface area contributed by atoms with Crippen LogP contribution in [0.1, 0.15) is 6.23 Å². The molecule has 1 aromatic carbocycles. The van der Waals surface area contributed by atoms with Crippen LogP contribution in [0.15, 0.2) is 36.8 Å². The maximum Gasteiger partial charge on any atom is 0.184 e. The van der Waals surface area contributed by atoms with Crippen molar-refractivity contribution in [3.63, 3.8) is 0 Å². The van der Waals surface area contributed by atoms with E-state index in [0.717, 1.165) is 16.9 Å². The molecule has 1 aliphatic heterocycles. The number of anilines is 1. The van der Waals surface area contributed by atoms with E-state index in [1.54, 1.807) is 20.4 Å². The van der Waals surface area contributed by atoms with E-state index < -0.39 is 31.1 Å². The lowest BCUT2D eigenvalue weighted by atomic mass is 10.1. The molecule has 0 amide bonds. The van der Waals surface area contributed by atoms with Gasteiger partial charge < -0.3 is 30.1 Å². The van der Waals surface area contributed by atoms with Crippen LogP contribution in [0.5, 0.6) is 5.75 Å². The van der Waals surface area contributed by atoms with Crippen LogP contribution in [0.3, 0.4) is 0 Å². The van der Waals surface area contributed by atoms with E-state index in [1.165, 1.54) is 10.9 Å². The van der Waals surface area contributed by atoms with Crippen molar-refractivity contribution < 1.29 is 24.8 Å². The van der Waals surface area contributed by atoms with Crippen LogP contribution in [0, 0.1) is 0 Å². The molecule has 12 heteroatoms. The third-order valence-electron chi connectivity index (χ3n) is 5.70. The van der Waals surface area contributed by atoms with E-state index in [0.29, 0.717) is 28.5 Å². The highest BCUT2D eigenvalue weighted by Gasteiger charge is 2.44. The predicted octanol–water partition coefficient (Wildman–Crippen LogP) is 0.545. The second kappa shape index (κ2) is 8.41. The number of nitrogens with one attached hydrogen (secondary N) is 2. The molecule has 33 heavy (non-hydrogen) atoms. The summed E-state index contributed by atoms with van der Waals surface area (Å²) in [5.41, 5.74) is 3.04. The fourth-order valence-corrected chi connectivity index (χ4v) is 3.94. The molecule has 0 aliphatic carbocycles. The molecule has 1 aliphatic rings. The quantitative estimate of drug-likeness (QED) is 0.278. The summed E-state index contributed by atoms with van der Waals surface area (Å²) < 4.78 is 12.4. The topological polar surface area (TPSA) is 163 Å². The van der Waals surface area contributed by atoms with Crippen molar-refractivity contribution in [2.45, 2.75) is 24.5 Å². The molecule has 0 saturated carbocycles. The molecular weight excluding hydrogens is 430 g/mol. The van der Waals surface area contributed by atoms with Gasteiger partial charge in [0.1, 0.15) is 29.8 Å². The molecule has 3 aromatic heterocycles. The summed E-state index contributed by atoms with van der Waals surface area (Å²) >= 11 is 0. The number of fused-ring (bicyclic) bond motifs is 1. The van der Waals surface area contributed by atoms with Crippen LogP contribution in [-0.2, 0) is 4.74 Å². The van der Waals surface area contributed by atoms with Crippen molar-refractivity contribution in [2.75, 3.05) is 26.1 Å². The van der Waals surface area contributed by atoms with Crippen molar-refractivity contribution in [3.05, 3.63) is 36.8 Å². The Morgan fingerprint density at radius 3 is 2.64 bits per heavy atom. The fraction of sp³-hybridized carbons (Fsp3) is 0.333. The SMILES string of the molecule is CNc1nc(-c2n[nH]cc2-c2ccc(OC)cc2)nc2c1ncn2[C@@H]1O[C@H](CO)[C@@H](O)[C@H]1O. The Labute approximate surface area is 187 Å². The van der Waals surface area contributed by atoms with Crippen LogP contribution >= 0.6 is 0 Å². The average molecular weight is 453 g/mol. The van der Waals surface area contributed by atoms with E-state index in [-0.39, 0.29) is 0 Å². The Bertz CT molecular complexity index is 1270. The summed E-state index contributed by atoms with van der Waals surface area (Å²) in [5.74, 6) is 1.53. The van der Waals surface area contributed by atoms with Crippen molar-refractivity contribution in [3.8, 4) is 28.4 Å². The Morgan fingerprint density at radius 1 is 1.18 bits per heavy atom. The number of benzene rings is 1. The summed E-state index contributed by atoms with van der Waals surface area (Å²) in [5, 5.41) is 40.3. The van der Waals surface area contributed by atoms with Gasteiger partial charge >= 0.3 is 0 Å². The summed E-state index contributed by atoms with van der Waals surface area (Å²) in [6, 6.07) is 7.53. The molecule has 172 valence electrons. The molecule has 0 unspecified atom stereocenters. The van der Waals surface area contributed by atoms with Crippen LogP contribution in [0.25, 0.3) is 33.8 Å². The molecule has 4 atom stereocenters. The first-order valence-corrected chi connectivity index (χ1v) is 10.3. The van der Waals surface area contributed by atoms with Crippen molar-refractivity contribution in [1.29, 1.82) is 0 Å². The fourth-order valence-electron chi connectivity index (χ4n) is 3.94. The van der Waals surface area contributed by atoms with Crippen LogP contribution in [0.4, 0.5) is 5.82 Å². The number of rotatable bonds is 6. The van der Waals surface area contributed by atoms with Gasteiger partial charge in [-0.1, -0.05) is 12.1 Å². The zero-order valence-electron chi connectivity index (χ0n) is 17.9. The van der Waals surface area contributed by atoms with Gasteiger partial charge in [0.25, 0.3) is 0 Å².